The van der Waals surface area contributed by atoms with E-state index in [0.29, 0.717) is 0 Å². The highest BCUT2D eigenvalue weighted by molar-refractivity contribution is 9.12. The monoisotopic (exact) mass is 275 g/mol. The normalized spacial score (nSPS) is 15.9. The highest BCUT2D eigenvalue weighted by Gasteiger charge is 2.17. The van der Waals surface area contributed by atoms with Gasteiger partial charge in [-0.1, -0.05) is 36.9 Å². The van der Waals surface area contributed by atoms with Crippen LogP contribution in [0.15, 0.2) is 59.2 Å². The Morgan fingerprint density at radius 2 is 1.88 bits per heavy atom. The van der Waals surface area contributed by atoms with Crippen molar-refractivity contribution in [2.45, 2.75) is 6.92 Å². The summed E-state index contributed by atoms with van der Waals surface area (Å²) in [6, 6.07) is 10.4. The average Bonchev–Trinajstić information content (AvgIpc) is 2.33. The molecule has 1 heterocycles. The first kappa shape index (κ1) is 11.2. The van der Waals surface area contributed by atoms with Gasteiger partial charge in [-0.3, -0.25) is 0 Å². The van der Waals surface area contributed by atoms with E-state index in [1.54, 1.807) is 0 Å². The summed E-state index contributed by atoms with van der Waals surface area (Å²) >= 11 is 3.51. The maximum absolute atomic E-state index is 4.09. The van der Waals surface area contributed by atoms with Gasteiger partial charge in [-0.15, -0.1) is 0 Å². The Hall–Kier alpha value is -1.28. The number of benzene rings is 1. The molecule has 1 nitrogen and oxygen atoms in total. The molecule has 0 bridgehead atoms. The lowest BCUT2D eigenvalue weighted by atomic mass is 10.1. The summed E-state index contributed by atoms with van der Waals surface area (Å²) in [5.41, 5.74) is 3.45. The van der Waals surface area contributed by atoms with Crippen molar-refractivity contribution in [3.05, 3.63) is 64.8 Å². The van der Waals surface area contributed by atoms with Crippen molar-refractivity contribution in [3.63, 3.8) is 0 Å². The van der Waals surface area contributed by atoms with Crippen molar-refractivity contribution >= 4 is 21.6 Å². The molecule has 0 saturated heterocycles. The molecular weight excluding hydrogens is 262 g/mol. The van der Waals surface area contributed by atoms with Crippen LogP contribution in [0.4, 0.5) is 0 Å². The summed E-state index contributed by atoms with van der Waals surface area (Å²) < 4.78 is 1.05. The molecule has 0 aliphatic carbocycles. The van der Waals surface area contributed by atoms with Gasteiger partial charge in [0.15, 0.2) is 0 Å². The van der Waals surface area contributed by atoms with Crippen molar-refractivity contribution in [3.8, 4) is 0 Å². The fraction of sp³-hybridized carbons (Fsp3) is 0.143. The second-order valence-electron chi connectivity index (χ2n) is 3.62. The summed E-state index contributed by atoms with van der Waals surface area (Å²) in [6.45, 7) is 7.14. The predicted molar refractivity (Wildman–Crippen MR) is 72.9 cm³/mol. The molecule has 1 aliphatic rings. The number of hydrogen-bond acceptors (Lipinski definition) is 1. The van der Waals surface area contributed by atoms with Crippen LogP contribution in [0.25, 0.3) is 5.70 Å². The van der Waals surface area contributed by atoms with E-state index in [9.17, 15) is 0 Å². The van der Waals surface area contributed by atoms with E-state index >= 15 is 0 Å². The maximum atomic E-state index is 4.09. The van der Waals surface area contributed by atoms with Crippen LogP contribution < -0.4 is 0 Å². The lowest BCUT2D eigenvalue weighted by Crippen LogP contribution is -2.22. The van der Waals surface area contributed by atoms with Crippen LogP contribution in [0.3, 0.4) is 0 Å². The van der Waals surface area contributed by atoms with Crippen molar-refractivity contribution in [1.29, 1.82) is 0 Å². The highest BCUT2D eigenvalue weighted by Crippen LogP contribution is 2.32. The van der Waals surface area contributed by atoms with Crippen LogP contribution in [-0.2, 0) is 0 Å². The van der Waals surface area contributed by atoms with E-state index < -0.39 is 0 Å². The predicted octanol–water partition coefficient (Wildman–Crippen LogP) is 4.16. The lowest BCUT2D eigenvalue weighted by Gasteiger charge is -2.30. The van der Waals surface area contributed by atoms with Crippen LogP contribution in [0, 0.1) is 0 Å². The van der Waals surface area contributed by atoms with E-state index in [0.717, 1.165) is 16.7 Å². The molecule has 0 saturated carbocycles. The van der Waals surface area contributed by atoms with E-state index in [1.807, 2.05) is 6.07 Å². The maximum Gasteiger partial charge on any atom is 0.0484 e. The fourth-order valence-corrected chi connectivity index (χ4v) is 2.18. The molecule has 2 rings (SSSR count). The quantitative estimate of drug-likeness (QED) is 0.784. The van der Waals surface area contributed by atoms with Crippen molar-refractivity contribution in [2.24, 2.45) is 0 Å². The molecule has 0 radical (unpaired) electrons. The van der Waals surface area contributed by atoms with Crippen LogP contribution in [0.5, 0.6) is 0 Å². The van der Waals surface area contributed by atoms with Crippen LogP contribution in [-0.4, -0.2) is 11.4 Å². The van der Waals surface area contributed by atoms with Gasteiger partial charge in [0.05, 0.1) is 0 Å². The fourth-order valence-electron chi connectivity index (χ4n) is 1.83. The third kappa shape index (κ3) is 1.98. The average molecular weight is 276 g/mol. The SMILES string of the molecule is C=C1C(Br)=CC=C(c2ccccc2)N1CC. The van der Waals surface area contributed by atoms with Gasteiger partial charge in [0, 0.05) is 22.4 Å². The van der Waals surface area contributed by atoms with E-state index in [-0.39, 0.29) is 0 Å². The van der Waals surface area contributed by atoms with Crippen molar-refractivity contribution in [2.75, 3.05) is 6.54 Å². The molecule has 0 spiro atoms. The summed E-state index contributed by atoms with van der Waals surface area (Å²) in [4.78, 5) is 2.21. The molecule has 0 unspecified atom stereocenters. The van der Waals surface area contributed by atoms with E-state index in [4.69, 9.17) is 0 Å². The molecule has 1 aromatic carbocycles. The standard InChI is InChI=1S/C14H14BrN/c1-3-16-11(2)13(15)9-10-14(16)12-7-5-4-6-8-12/h4-10H,2-3H2,1H3. The molecule has 2 heteroatoms. The molecule has 0 N–H and O–H groups in total. The van der Waals surface area contributed by atoms with Gasteiger partial charge in [0.1, 0.15) is 0 Å². The Labute approximate surface area is 105 Å². The van der Waals surface area contributed by atoms with Gasteiger partial charge in [0.25, 0.3) is 0 Å². The number of allylic oxidation sites excluding steroid dienone is 3. The van der Waals surface area contributed by atoms with E-state index in [2.05, 4.69) is 70.8 Å². The van der Waals surface area contributed by atoms with Crippen LogP contribution in [0.2, 0.25) is 0 Å². The minimum atomic E-state index is 0.919. The Morgan fingerprint density at radius 1 is 1.19 bits per heavy atom. The van der Waals surface area contributed by atoms with Crippen LogP contribution in [0.1, 0.15) is 12.5 Å². The summed E-state index contributed by atoms with van der Waals surface area (Å²) in [5.74, 6) is 0. The zero-order valence-corrected chi connectivity index (χ0v) is 10.9. The van der Waals surface area contributed by atoms with E-state index in [1.165, 1.54) is 11.3 Å². The third-order valence-electron chi connectivity index (χ3n) is 2.67. The smallest absolute Gasteiger partial charge is 0.0484 e. The van der Waals surface area contributed by atoms with Crippen molar-refractivity contribution in [1.82, 2.24) is 4.90 Å². The van der Waals surface area contributed by atoms with Gasteiger partial charge < -0.3 is 4.90 Å². The first-order valence-electron chi connectivity index (χ1n) is 5.33. The van der Waals surface area contributed by atoms with Crippen molar-refractivity contribution < 1.29 is 0 Å². The molecule has 0 aromatic heterocycles. The molecule has 1 aromatic rings. The van der Waals surface area contributed by atoms with Gasteiger partial charge in [-0.25, -0.2) is 0 Å². The summed E-state index contributed by atoms with van der Waals surface area (Å²) in [5, 5.41) is 0. The Morgan fingerprint density at radius 3 is 2.50 bits per heavy atom. The number of rotatable bonds is 2. The molecule has 0 amide bonds. The molecule has 0 atom stereocenters. The van der Waals surface area contributed by atoms with Gasteiger partial charge in [0.2, 0.25) is 0 Å². The largest absolute Gasteiger partial charge is 0.341 e. The Bertz CT molecular complexity index is 457. The van der Waals surface area contributed by atoms with Gasteiger partial charge in [-0.2, -0.15) is 0 Å². The number of hydrogen-bond donors (Lipinski definition) is 0. The minimum absolute atomic E-state index is 0.919. The topological polar surface area (TPSA) is 3.24 Å². The Balaban J connectivity index is 2.44. The summed E-state index contributed by atoms with van der Waals surface area (Å²) in [6.07, 6.45) is 4.18. The lowest BCUT2D eigenvalue weighted by molar-refractivity contribution is 0.529. The van der Waals surface area contributed by atoms with Crippen LogP contribution >= 0.6 is 15.9 Å². The second kappa shape index (κ2) is 4.71. The summed E-state index contributed by atoms with van der Waals surface area (Å²) in [7, 11) is 0. The van der Waals surface area contributed by atoms with Gasteiger partial charge >= 0.3 is 0 Å². The van der Waals surface area contributed by atoms with Gasteiger partial charge in [-0.05, 0) is 40.6 Å². The number of nitrogens with zero attached hydrogens (tertiary/aromatic N) is 1. The highest BCUT2D eigenvalue weighted by atomic mass is 79.9. The first-order chi connectivity index (χ1) is 7.74. The third-order valence-corrected chi connectivity index (χ3v) is 3.39. The molecule has 0 fully saturated rings. The zero-order chi connectivity index (χ0) is 11.5. The molecule has 82 valence electrons. The molecule has 1 aliphatic heterocycles. The minimum Gasteiger partial charge on any atom is -0.341 e. The first-order valence-corrected chi connectivity index (χ1v) is 6.13. The molecule has 16 heavy (non-hydrogen) atoms. The zero-order valence-electron chi connectivity index (χ0n) is 9.28. The second-order valence-corrected chi connectivity index (χ2v) is 4.48. The Kier molecular flexibility index (Phi) is 3.30. The molecular formula is C14H14BrN. The number of likely N-dealkylation sites (N-methyl/N-ethyl adjacent to an activating group) is 1. The number of halogens is 1.